The molecule has 0 bridgehead atoms. The van der Waals surface area contributed by atoms with Crippen LogP contribution in [0.4, 0.5) is 0 Å². The normalized spacial score (nSPS) is 36.7. The molecule has 1 nitrogen and oxygen atoms in total. The van der Waals surface area contributed by atoms with Crippen molar-refractivity contribution in [1.82, 2.24) is 0 Å². The molecule has 1 aliphatic carbocycles. The Hall–Kier alpha value is 0.690. The van der Waals surface area contributed by atoms with Crippen molar-refractivity contribution in [3.05, 3.63) is 0 Å². The van der Waals surface area contributed by atoms with Crippen molar-refractivity contribution in [2.75, 3.05) is 0 Å². The Labute approximate surface area is 70.9 Å². The Kier molecular flexibility index (Phi) is 3.26. The van der Waals surface area contributed by atoms with Crippen molar-refractivity contribution >= 4 is 23.0 Å². The van der Waals surface area contributed by atoms with Gasteiger partial charge in [0.05, 0.1) is 6.10 Å². The van der Waals surface area contributed by atoms with Crippen LogP contribution < -0.4 is 0 Å². The highest BCUT2D eigenvalue weighted by Crippen LogP contribution is 2.27. The lowest BCUT2D eigenvalue weighted by Gasteiger charge is -2.25. The molecule has 1 saturated carbocycles. The molecule has 0 aliphatic heterocycles. The van der Waals surface area contributed by atoms with E-state index >= 15 is 0 Å². The summed E-state index contributed by atoms with van der Waals surface area (Å²) < 4.78 is 5.27. The van der Waals surface area contributed by atoms with E-state index in [0.29, 0.717) is 6.10 Å². The van der Waals surface area contributed by atoms with Crippen molar-refractivity contribution in [2.45, 2.75) is 38.7 Å². The highest BCUT2D eigenvalue weighted by atomic mass is 127. The van der Waals surface area contributed by atoms with Gasteiger partial charge in [0.25, 0.3) is 0 Å². The minimum Gasteiger partial charge on any atom is -0.312 e. The third-order valence-corrected chi connectivity index (χ3v) is 2.80. The van der Waals surface area contributed by atoms with Crippen molar-refractivity contribution in [1.29, 1.82) is 0 Å². The first-order chi connectivity index (χ1) is 4.34. The van der Waals surface area contributed by atoms with E-state index in [0.717, 1.165) is 5.92 Å². The predicted octanol–water partition coefficient (Wildman–Crippen LogP) is 2.93. The lowest BCUT2D eigenvalue weighted by molar-refractivity contribution is 0.150. The molecular formula is C7H13IO. The van der Waals surface area contributed by atoms with Crippen molar-refractivity contribution in [2.24, 2.45) is 5.92 Å². The van der Waals surface area contributed by atoms with Gasteiger partial charge in [0.2, 0.25) is 0 Å². The molecule has 0 amide bonds. The zero-order chi connectivity index (χ0) is 6.69. The smallest absolute Gasteiger partial charge is 0.110 e. The van der Waals surface area contributed by atoms with Crippen LogP contribution in [-0.4, -0.2) is 6.10 Å². The standard InChI is InChI=1S/C7H13IO/c1-6-4-2-3-5-7(6)9-8/h6-7H,2-5H2,1H3. The fourth-order valence-electron chi connectivity index (χ4n) is 1.41. The van der Waals surface area contributed by atoms with Crippen LogP contribution in [0.25, 0.3) is 0 Å². The maximum atomic E-state index is 5.27. The van der Waals surface area contributed by atoms with Crippen LogP contribution in [0, 0.1) is 5.92 Å². The van der Waals surface area contributed by atoms with Gasteiger partial charge in [-0.3, -0.25) is 0 Å². The molecular weight excluding hydrogens is 227 g/mol. The average Bonchev–Trinajstić information content (AvgIpc) is 1.89. The van der Waals surface area contributed by atoms with E-state index in [1.165, 1.54) is 25.7 Å². The van der Waals surface area contributed by atoms with E-state index in [9.17, 15) is 0 Å². The third kappa shape index (κ3) is 2.08. The molecule has 2 unspecified atom stereocenters. The third-order valence-electron chi connectivity index (χ3n) is 2.15. The van der Waals surface area contributed by atoms with E-state index in [1.54, 1.807) is 0 Å². The van der Waals surface area contributed by atoms with E-state index in [-0.39, 0.29) is 0 Å². The maximum Gasteiger partial charge on any atom is 0.110 e. The molecule has 0 aromatic carbocycles. The summed E-state index contributed by atoms with van der Waals surface area (Å²) in [5.41, 5.74) is 0. The zero-order valence-electron chi connectivity index (χ0n) is 5.77. The largest absolute Gasteiger partial charge is 0.312 e. The van der Waals surface area contributed by atoms with Gasteiger partial charge in [-0.15, -0.1) is 0 Å². The van der Waals surface area contributed by atoms with Crippen LogP contribution in [0.2, 0.25) is 0 Å². The van der Waals surface area contributed by atoms with E-state index in [4.69, 9.17) is 3.07 Å². The van der Waals surface area contributed by atoms with E-state index in [2.05, 4.69) is 6.92 Å². The predicted molar refractivity (Wildman–Crippen MR) is 46.5 cm³/mol. The summed E-state index contributed by atoms with van der Waals surface area (Å²) in [4.78, 5) is 0. The molecule has 1 aliphatic rings. The molecule has 2 atom stereocenters. The molecule has 9 heavy (non-hydrogen) atoms. The van der Waals surface area contributed by atoms with Gasteiger partial charge in [-0.05, 0) is 18.8 Å². The zero-order valence-corrected chi connectivity index (χ0v) is 7.93. The van der Waals surface area contributed by atoms with Crippen LogP contribution in [-0.2, 0) is 3.07 Å². The van der Waals surface area contributed by atoms with Gasteiger partial charge in [0.15, 0.2) is 0 Å². The quantitative estimate of drug-likeness (QED) is 0.640. The van der Waals surface area contributed by atoms with Gasteiger partial charge >= 0.3 is 0 Å². The average molecular weight is 240 g/mol. The Morgan fingerprint density at radius 2 is 2.00 bits per heavy atom. The van der Waals surface area contributed by atoms with Crippen LogP contribution in [0.3, 0.4) is 0 Å². The summed E-state index contributed by atoms with van der Waals surface area (Å²) in [7, 11) is 0. The summed E-state index contributed by atoms with van der Waals surface area (Å²) in [6.45, 7) is 2.28. The van der Waals surface area contributed by atoms with Crippen LogP contribution in [0.15, 0.2) is 0 Å². The first kappa shape index (κ1) is 7.79. The fraction of sp³-hybridized carbons (Fsp3) is 1.00. The molecule has 0 aromatic heterocycles. The molecule has 0 N–H and O–H groups in total. The number of rotatable bonds is 1. The molecule has 1 rings (SSSR count). The van der Waals surface area contributed by atoms with Crippen molar-refractivity contribution in [3.63, 3.8) is 0 Å². The molecule has 54 valence electrons. The lowest BCUT2D eigenvalue weighted by Crippen LogP contribution is -2.22. The molecule has 0 radical (unpaired) electrons. The number of hydrogen-bond donors (Lipinski definition) is 0. The summed E-state index contributed by atoms with van der Waals surface area (Å²) >= 11 is 2.02. The molecule has 1 fully saturated rings. The summed E-state index contributed by atoms with van der Waals surface area (Å²) in [6, 6.07) is 0. The molecule has 0 saturated heterocycles. The minimum atomic E-state index is 0.541. The van der Waals surface area contributed by atoms with Gasteiger partial charge in [-0.2, -0.15) is 0 Å². The van der Waals surface area contributed by atoms with Crippen molar-refractivity contribution < 1.29 is 3.07 Å². The second-order valence-corrected chi connectivity index (χ2v) is 3.40. The topological polar surface area (TPSA) is 9.23 Å². The van der Waals surface area contributed by atoms with E-state index < -0.39 is 0 Å². The Morgan fingerprint density at radius 1 is 1.33 bits per heavy atom. The van der Waals surface area contributed by atoms with Gasteiger partial charge in [-0.25, -0.2) is 0 Å². The van der Waals surface area contributed by atoms with E-state index in [1.807, 2.05) is 23.0 Å². The monoisotopic (exact) mass is 240 g/mol. The minimum absolute atomic E-state index is 0.541. The first-order valence-corrected chi connectivity index (χ1v) is 4.50. The van der Waals surface area contributed by atoms with Crippen molar-refractivity contribution in [3.8, 4) is 0 Å². The first-order valence-electron chi connectivity index (χ1n) is 3.62. The highest BCUT2D eigenvalue weighted by Gasteiger charge is 2.20. The summed E-state index contributed by atoms with van der Waals surface area (Å²) in [5, 5.41) is 0. The Balaban J connectivity index is 2.30. The highest BCUT2D eigenvalue weighted by molar-refractivity contribution is 14.1. The maximum absolute atomic E-state index is 5.27. The van der Waals surface area contributed by atoms with Crippen LogP contribution >= 0.6 is 23.0 Å². The lowest BCUT2D eigenvalue weighted by atomic mass is 9.88. The summed E-state index contributed by atoms with van der Waals surface area (Å²) in [6.07, 6.45) is 5.92. The molecule has 0 aromatic rings. The van der Waals surface area contributed by atoms with Crippen LogP contribution in [0.1, 0.15) is 32.6 Å². The molecule has 0 heterocycles. The van der Waals surface area contributed by atoms with Gasteiger partial charge in [0, 0.05) is 0 Å². The van der Waals surface area contributed by atoms with Gasteiger partial charge in [0.1, 0.15) is 23.0 Å². The number of hydrogen-bond acceptors (Lipinski definition) is 1. The molecule has 2 heteroatoms. The number of halogens is 1. The fourth-order valence-corrected chi connectivity index (χ4v) is 2.17. The second kappa shape index (κ2) is 3.76. The van der Waals surface area contributed by atoms with Gasteiger partial charge in [-0.1, -0.05) is 19.8 Å². The Bertz CT molecular complexity index is 85.0. The SMILES string of the molecule is CC1CCCCC1OI. The van der Waals surface area contributed by atoms with Gasteiger partial charge < -0.3 is 3.07 Å². The molecule has 0 spiro atoms. The van der Waals surface area contributed by atoms with Crippen LogP contribution in [0.5, 0.6) is 0 Å². The second-order valence-electron chi connectivity index (χ2n) is 2.89. The summed E-state index contributed by atoms with van der Waals surface area (Å²) in [5.74, 6) is 0.788. The Morgan fingerprint density at radius 3 is 2.44 bits per heavy atom.